The molecule has 1 amide bonds. The number of pyridine rings is 1. The molecule has 0 spiro atoms. The zero-order valence-electron chi connectivity index (χ0n) is 12.6. The van der Waals surface area contributed by atoms with E-state index in [1.807, 2.05) is 41.4 Å². The summed E-state index contributed by atoms with van der Waals surface area (Å²) in [6.07, 6.45) is 4.40. The Kier molecular flexibility index (Phi) is 4.03. The summed E-state index contributed by atoms with van der Waals surface area (Å²) in [5.74, 6) is 0.0601. The van der Waals surface area contributed by atoms with Crippen LogP contribution in [0.2, 0.25) is 5.02 Å². The number of rotatable bonds is 2. The van der Waals surface area contributed by atoms with Gasteiger partial charge in [0.2, 0.25) is 5.91 Å². The summed E-state index contributed by atoms with van der Waals surface area (Å²) in [6.45, 7) is 3.68. The maximum absolute atomic E-state index is 11.9. The Labute approximate surface area is 135 Å². The van der Waals surface area contributed by atoms with Gasteiger partial charge < -0.3 is 10.2 Å². The van der Waals surface area contributed by atoms with Crippen molar-refractivity contribution in [2.45, 2.75) is 32.4 Å². The van der Waals surface area contributed by atoms with E-state index in [-0.39, 0.29) is 18.0 Å². The van der Waals surface area contributed by atoms with Crippen LogP contribution in [0.3, 0.4) is 0 Å². The lowest BCUT2D eigenvalue weighted by Gasteiger charge is -2.39. The molecule has 1 aromatic heterocycles. The molecule has 2 heterocycles. The molecule has 3 rings (SSSR count). The number of benzene rings is 1. The van der Waals surface area contributed by atoms with Crippen LogP contribution >= 0.6 is 11.6 Å². The first-order valence-electron chi connectivity index (χ1n) is 7.32. The minimum Gasteiger partial charge on any atom is -0.378 e. The van der Waals surface area contributed by atoms with Gasteiger partial charge in [-0.25, -0.2) is 0 Å². The third-order valence-corrected chi connectivity index (χ3v) is 4.26. The van der Waals surface area contributed by atoms with Crippen LogP contribution in [0.25, 0.3) is 0 Å². The van der Waals surface area contributed by atoms with Gasteiger partial charge in [0.05, 0.1) is 11.7 Å². The Hall–Kier alpha value is -2.07. The Bertz CT molecular complexity index is 687. The van der Waals surface area contributed by atoms with Gasteiger partial charge in [-0.15, -0.1) is 0 Å². The van der Waals surface area contributed by atoms with Crippen LogP contribution in [0.15, 0.2) is 42.7 Å². The van der Waals surface area contributed by atoms with Gasteiger partial charge in [0.1, 0.15) is 0 Å². The molecule has 0 aliphatic carbocycles. The van der Waals surface area contributed by atoms with Crippen molar-refractivity contribution < 1.29 is 4.79 Å². The average Bonchev–Trinajstić information content (AvgIpc) is 2.49. The van der Waals surface area contributed by atoms with E-state index >= 15 is 0 Å². The summed E-state index contributed by atoms with van der Waals surface area (Å²) in [5.41, 5.74) is 2.99. The lowest BCUT2D eigenvalue weighted by Crippen LogP contribution is -2.43. The second-order valence-corrected chi connectivity index (χ2v) is 6.05. The van der Waals surface area contributed by atoms with E-state index in [2.05, 4.69) is 17.2 Å². The number of aromatic nitrogens is 1. The monoisotopic (exact) mass is 315 g/mol. The topological polar surface area (TPSA) is 45.2 Å². The first-order valence-corrected chi connectivity index (χ1v) is 7.70. The molecule has 5 heteroatoms. The Morgan fingerprint density at radius 2 is 2.05 bits per heavy atom. The molecule has 4 nitrogen and oxygen atoms in total. The van der Waals surface area contributed by atoms with Crippen LogP contribution in [0, 0.1) is 0 Å². The number of halogens is 1. The molecule has 0 fully saturated rings. The summed E-state index contributed by atoms with van der Waals surface area (Å²) >= 11 is 5.93. The number of anilines is 2. The van der Waals surface area contributed by atoms with Gasteiger partial charge >= 0.3 is 0 Å². The zero-order chi connectivity index (χ0) is 15.7. The van der Waals surface area contributed by atoms with Gasteiger partial charge in [-0.3, -0.25) is 9.78 Å². The number of hydrogen-bond acceptors (Lipinski definition) is 3. The first-order chi connectivity index (χ1) is 10.6. The molecule has 0 saturated carbocycles. The van der Waals surface area contributed by atoms with Crippen molar-refractivity contribution in [3.8, 4) is 0 Å². The molecule has 1 N–H and O–H groups in total. The first kappa shape index (κ1) is 14.9. The fourth-order valence-corrected chi connectivity index (χ4v) is 3.19. The lowest BCUT2D eigenvalue weighted by molar-refractivity contribution is -0.117. The molecular weight excluding hydrogens is 298 g/mol. The molecule has 1 aliphatic heterocycles. The van der Waals surface area contributed by atoms with Crippen molar-refractivity contribution in [3.05, 3.63) is 53.3 Å². The number of carbonyl (C=O) groups excluding carboxylic acids is 1. The van der Waals surface area contributed by atoms with E-state index in [0.29, 0.717) is 5.02 Å². The molecule has 1 aliphatic rings. The number of carbonyl (C=O) groups is 1. The summed E-state index contributed by atoms with van der Waals surface area (Å²) in [7, 11) is 0. The maximum Gasteiger partial charge on any atom is 0.224 e. The van der Waals surface area contributed by atoms with E-state index < -0.39 is 0 Å². The zero-order valence-corrected chi connectivity index (χ0v) is 13.3. The molecule has 1 aromatic carbocycles. The predicted octanol–water partition coefficient (Wildman–Crippen LogP) is 4.03. The third kappa shape index (κ3) is 2.79. The number of nitrogens with one attached hydrogen (secondary N) is 1. The van der Waals surface area contributed by atoms with Crippen LogP contribution in [0.5, 0.6) is 0 Å². The number of amides is 1. The van der Waals surface area contributed by atoms with Crippen molar-refractivity contribution in [2.75, 3.05) is 10.2 Å². The molecule has 2 aromatic rings. The highest BCUT2D eigenvalue weighted by Gasteiger charge is 2.32. The van der Waals surface area contributed by atoms with Crippen molar-refractivity contribution in [1.82, 2.24) is 4.98 Å². The molecule has 0 radical (unpaired) electrons. The maximum atomic E-state index is 11.9. The largest absolute Gasteiger partial charge is 0.378 e. The third-order valence-electron chi connectivity index (χ3n) is 4.00. The second-order valence-electron chi connectivity index (χ2n) is 5.61. The van der Waals surface area contributed by atoms with Crippen molar-refractivity contribution >= 4 is 28.9 Å². The predicted molar refractivity (Wildman–Crippen MR) is 89.3 cm³/mol. The van der Waals surface area contributed by atoms with Gasteiger partial charge in [-0.2, -0.15) is 0 Å². The quantitative estimate of drug-likeness (QED) is 0.910. The van der Waals surface area contributed by atoms with Crippen molar-refractivity contribution in [3.63, 3.8) is 0 Å². The highest BCUT2D eigenvalue weighted by Crippen LogP contribution is 2.38. The molecule has 22 heavy (non-hydrogen) atoms. The van der Waals surface area contributed by atoms with Crippen molar-refractivity contribution in [1.29, 1.82) is 0 Å². The lowest BCUT2D eigenvalue weighted by atomic mass is 9.93. The van der Waals surface area contributed by atoms with Gasteiger partial charge in [0.15, 0.2) is 0 Å². The molecule has 0 unspecified atom stereocenters. The van der Waals surface area contributed by atoms with E-state index in [9.17, 15) is 4.79 Å². The second kappa shape index (κ2) is 5.97. The van der Waals surface area contributed by atoms with Crippen LogP contribution in [-0.4, -0.2) is 16.9 Å². The molecule has 2 atom stereocenters. The number of fused-ring (bicyclic) bond motifs is 1. The van der Waals surface area contributed by atoms with Crippen LogP contribution < -0.4 is 10.2 Å². The summed E-state index contributed by atoms with van der Waals surface area (Å²) in [6, 6.07) is 9.81. The van der Waals surface area contributed by atoms with Gasteiger partial charge in [-0.05, 0) is 43.7 Å². The summed E-state index contributed by atoms with van der Waals surface area (Å²) < 4.78 is 0. The average molecular weight is 316 g/mol. The molecular formula is C17H18ClN3O. The fourth-order valence-electron chi connectivity index (χ4n) is 3.06. The van der Waals surface area contributed by atoms with Gasteiger partial charge in [-0.1, -0.05) is 11.6 Å². The highest BCUT2D eigenvalue weighted by molar-refractivity contribution is 6.30. The Morgan fingerprint density at radius 1 is 1.32 bits per heavy atom. The molecule has 114 valence electrons. The Balaban J connectivity index is 1.94. The van der Waals surface area contributed by atoms with Crippen LogP contribution in [-0.2, 0) is 4.79 Å². The van der Waals surface area contributed by atoms with Gasteiger partial charge in [0, 0.05) is 41.6 Å². The summed E-state index contributed by atoms with van der Waals surface area (Å²) in [4.78, 5) is 18.0. The SMILES string of the molecule is CC(=O)N1c2ccncc2[C@H](Nc2ccc(Cl)cc2)C[C@@H]1C. The van der Waals surface area contributed by atoms with E-state index in [4.69, 9.17) is 11.6 Å². The standard InChI is InChI=1S/C17H18ClN3O/c1-11-9-16(20-14-5-3-13(18)4-6-14)15-10-19-8-7-17(15)21(11)12(2)22/h3-8,10-11,16,20H,9H2,1-2H3/t11-,16+/m0/s1. The number of hydrogen-bond donors (Lipinski definition) is 1. The molecule has 0 saturated heterocycles. The summed E-state index contributed by atoms with van der Waals surface area (Å²) in [5, 5.41) is 4.23. The smallest absolute Gasteiger partial charge is 0.224 e. The van der Waals surface area contributed by atoms with Crippen LogP contribution in [0.1, 0.15) is 31.9 Å². The van der Waals surface area contributed by atoms with E-state index in [1.54, 1.807) is 13.1 Å². The van der Waals surface area contributed by atoms with Crippen molar-refractivity contribution in [2.24, 2.45) is 0 Å². The number of nitrogens with zero attached hydrogens (tertiary/aromatic N) is 2. The Morgan fingerprint density at radius 3 is 2.73 bits per heavy atom. The fraction of sp³-hybridized carbons (Fsp3) is 0.294. The van der Waals surface area contributed by atoms with E-state index in [0.717, 1.165) is 23.4 Å². The van der Waals surface area contributed by atoms with Crippen LogP contribution in [0.4, 0.5) is 11.4 Å². The minimum atomic E-state index is 0.0601. The van der Waals surface area contributed by atoms with Gasteiger partial charge in [0.25, 0.3) is 0 Å². The highest BCUT2D eigenvalue weighted by atomic mass is 35.5. The molecule has 0 bridgehead atoms. The normalized spacial score (nSPS) is 20.4. The minimum absolute atomic E-state index is 0.0601. The van der Waals surface area contributed by atoms with E-state index in [1.165, 1.54) is 0 Å².